The van der Waals surface area contributed by atoms with Crippen LogP contribution in [0.1, 0.15) is 51.4 Å². The lowest BCUT2D eigenvalue weighted by Gasteiger charge is -2.37. The van der Waals surface area contributed by atoms with Crippen molar-refractivity contribution in [2.75, 3.05) is 0 Å². The predicted octanol–water partition coefficient (Wildman–Crippen LogP) is -1.41. The van der Waals surface area contributed by atoms with Gasteiger partial charge in [0, 0.05) is 25.7 Å². The first-order valence-electron chi connectivity index (χ1n) is 10.5. The highest BCUT2D eigenvalue weighted by Crippen LogP contribution is 2.30. The molecule has 1 aliphatic carbocycles. The average Bonchev–Trinajstić information content (AvgIpc) is 3.25. The Labute approximate surface area is 191 Å². The zero-order valence-electron chi connectivity index (χ0n) is 17.8. The molecule has 2 N–H and O–H groups in total. The van der Waals surface area contributed by atoms with Crippen LogP contribution in [0, 0.1) is 0 Å². The Hall–Kier alpha value is -3.84. The third kappa shape index (κ3) is 5.21. The van der Waals surface area contributed by atoms with E-state index in [4.69, 9.17) is 19.7 Å². The van der Waals surface area contributed by atoms with E-state index in [9.17, 15) is 38.4 Å². The van der Waals surface area contributed by atoms with Crippen molar-refractivity contribution in [2.24, 2.45) is 0 Å². The highest BCUT2D eigenvalue weighted by Gasteiger charge is 2.46. The summed E-state index contributed by atoms with van der Waals surface area (Å²) in [5.41, 5.74) is 0. The van der Waals surface area contributed by atoms with Crippen LogP contribution in [0.15, 0.2) is 0 Å². The molecular weight excluding hydrogens is 460 g/mol. The minimum Gasteiger partial charge on any atom is -0.481 e. The highest BCUT2D eigenvalue weighted by atomic mass is 16.6. The summed E-state index contributed by atoms with van der Waals surface area (Å²) in [5, 5.41) is 18.2. The van der Waals surface area contributed by atoms with Crippen LogP contribution < -0.4 is 0 Å². The number of esters is 2. The largest absolute Gasteiger partial charge is 0.481 e. The normalized spacial score (nSPS) is 24.0. The van der Waals surface area contributed by atoms with Crippen LogP contribution in [0.25, 0.3) is 0 Å². The number of likely N-dealkylation sites (tertiary alicyclic amines) is 2. The lowest BCUT2D eigenvalue weighted by molar-refractivity contribution is -0.189. The van der Waals surface area contributed by atoms with Gasteiger partial charge < -0.3 is 19.7 Å². The molecule has 0 spiro atoms. The van der Waals surface area contributed by atoms with E-state index in [-0.39, 0.29) is 38.5 Å². The molecule has 1 saturated carbocycles. The molecule has 3 rings (SSSR count). The maximum Gasteiger partial charge on any atom is 0.330 e. The number of carboxylic acids is 2. The van der Waals surface area contributed by atoms with Crippen LogP contribution in [0.4, 0.5) is 0 Å². The minimum atomic E-state index is -1.68. The Morgan fingerprint density at radius 1 is 0.676 bits per heavy atom. The van der Waals surface area contributed by atoms with Gasteiger partial charge in [0.25, 0.3) is 0 Å². The second kappa shape index (κ2) is 9.97. The molecule has 2 saturated heterocycles. The van der Waals surface area contributed by atoms with Crippen molar-refractivity contribution in [2.45, 2.75) is 75.7 Å². The van der Waals surface area contributed by atoms with Gasteiger partial charge in [-0.15, -0.1) is 0 Å². The Morgan fingerprint density at radius 3 is 1.21 bits per heavy atom. The lowest BCUT2D eigenvalue weighted by Crippen LogP contribution is -2.53. The summed E-state index contributed by atoms with van der Waals surface area (Å²) in [6, 6.07) is -3.37. The summed E-state index contributed by atoms with van der Waals surface area (Å²) in [7, 11) is 0. The number of carbonyl (C=O) groups is 8. The topological polar surface area (TPSA) is 202 Å². The number of rotatable bonds is 10. The van der Waals surface area contributed by atoms with Crippen molar-refractivity contribution >= 4 is 47.5 Å². The second-order valence-electron chi connectivity index (χ2n) is 8.07. The van der Waals surface area contributed by atoms with E-state index < -0.39 is 84.6 Å². The highest BCUT2D eigenvalue weighted by molar-refractivity contribution is 6.06. The van der Waals surface area contributed by atoms with Crippen molar-refractivity contribution < 1.29 is 58.0 Å². The summed E-state index contributed by atoms with van der Waals surface area (Å²) in [6.07, 6.45) is -4.06. The standard InChI is InChI=1S/C20H22N2O12/c23-13-3-4-14(24)21(13)9(7-17(27)28)19(31)33-11-1-2-12(11)34-20(32)10(8-18(29)30)22-15(25)5-6-16(22)26/h9-12H,1-8H2,(H,27,28)(H,29,30). The van der Waals surface area contributed by atoms with E-state index in [0.717, 1.165) is 0 Å². The number of carboxylic acid groups (broad SMARTS) is 2. The third-order valence-corrected chi connectivity index (χ3v) is 5.77. The first-order valence-corrected chi connectivity index (χ1v) is 10.5. The fraction of sp³-hybridized carbons (Fsp3) is 0.600. The molecule has 3 fully saturated rings. The minimum absolute atomic E-state index is 0.162. The molecule has 4 amide bonds. The third-order valence-electron chi connectivity index (χ3n) is 5.77. The summed E-state index contributed by atoms with van der Waals surface area (Å²) < 4.78 is 10.4. The van der Waals surface area contributed by atoms with Crippen LogP contribution in [-0.2, 0) is 47.8 Å². The number of carbonyl (C=O) groups excluding carboxylic acids is 6. The molecule has 14 nitrogen and oxygen atoms in total. The Bertz CT molecular complexity index is 851. The van der Waals surface area contributed by atoms with Gasteiger partial charge in [-0.2, -0.15) is 0 Å². The number of aliphatic carboxylic acids is 2. The first kappa shape index (κ1) is 24.8. The van der Waals surface area contributed by atoms with Crippen LogP contribution in [0.3, 0.4) is 0 Å². The molecule has 0 aromatic carbocycles. The van der Waals surface area contributed by atoms with E-state index in [2.05, 4.69) is 0 Å². The number of amides is 4. The molecular formula is C20H22N2O12. The maximum absolute atomic E-state index is 12.6. The lowest BCUT2D eigenvalue weighted by atomic mass is 9.91. The van der Waals surface area contributed by atoms with Crippen molar-refractivity contribution in [3.63, 3.8) is 0 Å². The zero-order chi connectivity index (χ0) is 25.2. The number of hydrogen-bond donors (Lipinski definition) is 2. The van der Waals surface area contributed by atoms with Gasteiger partial charge in [0.15, 0.2) is 0 Å². The Morgan fingerprint density at radius 2 is 0.971 bits per heavy atom. The molecule has 2 heterocycles. The van der Waals surface area contributed by atoms with Crippen LogP contribution in [0.2, 0.25) is 0 Å². The predicted molar refractivity (Wildman–Crippen MR) is 103 cm³/mol. The van der Waals surface area contributed by atoms with Crippen molar-refractivity contribution in [3.05, 3.63) is 0 Å². The molecule has 4 atom stereocenters. The van der Waals surface area contributed by atoms with Gasteiger partial charge in [-0.1, -0.05) is 0 Å². The molecule has 0 radical (unpaired) electrons. The van der Waals surface area contributed by atoms with Crippen molar-refractivity contribution in [1.29, 1.82) is 0 Å². The number of hydrogen-bond acceptors (Lipinski definition) is 10. The van der Waals surface area contributed by atoms with E-state index in [1.54, 1.807) is 0 Å². The fourth-order valence-electron chi connectivity index (χ4n) is 3.94. The van der Waals surface area contributed by atoms with Gasteiger partial charge >= 0.3 is 23.9 Å². The summed E-state index contributed by atoms with van der Waals surface area (Å²) in [6.45, 7) is 0. The van der Waals surface area contributed by atoms with Gasteiger partial charge in [-0.3, -0.25) is 38.6 Å². The average molecular weight is 482 g/mol. The van der Waals surface area contributed by atoms with Gasteiger partial charge in [-0.05, 0) is 12.8 Å². The van der Waals surface area contributed by atoms with Crippen molar-refractivity contribution in [1.82, 2.24) is 9.80 Å². The molecule has 2 aliphatic heterocycles. The number of nitrogens with zero attached hydrogens (tertiary/aromatic N) is 2. The summed E-state index contributed by atoms with van der Waals surface area (Å²) in [4.78, 5) is 96.5. The quantitative estimate of drug-likeness (QED) is 0.272. The smallest absolute Gasteiger partial charge is 0.330 e. The van der Waals surface area contributed by atoms with Gasteiger partial charge in [0.05, 0.1) is 12.8 Å². The van der Waals surface area contributed by atoms with E-state index in [1.807, 2.05) is 0 Å². The van der Waals surface area contributed by atoms with Crippen LogP contribution >= 0.6 is 0 Å². The molecule has 0 aromatic heterocycles. The summed E-state index contributed by atoms with van der Waals surface area (Å²) >= 11 is 0. The second-order valence-corrected chi connectivity index (χ2v) is 8.07. The summed E-state index contributed by atoms with van der Waals surface area (Å²) in [5.74, 6) is -8.04. The Kier molecular flexibility index (Phi) is 7.27. The molecule has 184 valence electrons. The van der Waals surface area contributed by atoms with Gasteiger partial charge in [-0.25, -0.2) is 9.59 Å². The van der Waals surface area contributed by atoms with Gasteiger partial charge in [0.1, 0.15) is 24.3 Å². The zero-order valence-corrected chi connectivity index (χ0v) is 17.8. The van der Waals surface area contributed by atoms with Crippen molar-refractivity contribution in [3.8, 4) is 0 Å². The fourth-order valence-corrected chi connectivity index (χ4v) is 3.94. The number of imide groups is 2. The molecule has 0 aromatic rings. The monoisotopic (exact) mass is 482 g/mol. The van der Waals surface area contributed by atoms with E-state index in [1.165, 1.54) is 0 Å². The Balaban J connectivity index is 1.66. The molecule has 34 heavy (non-hydrogen) atoms. The number of ether oxygens (including phenoxy) is 2. The molecule has 0 bridgehead atoms. The molecule has 3 aliphatic rings. The molecule has 4 unspecified atom stereocenters. The molecule has 14 heteroatoms. The first-order chi connectivity index (χ1) is 16.0. The van der Waals surface area contributed by atoms with Gasteiger partial charge in [0.2, 0.25) is 23.6 Å². The van der Waals surface area contributed by atoms with Crippen LogP contribution in [-0.4, -0.2) is 91.8 Å². The maximum atomic E-state index is 12.6. The SMILES string of the molecule is O=C(O)CC(C(=O)OC1CCC1OC(=O)C(CC(=O)O)N1C(=O)CCC1=O)N1C(=O)CCC1=O. The van der Waals surface area contributed by atoms with Crippen LogP contribution in [0.5, 0.6) is 0 Å². The van der Waals surface area contributed by atoms with E-state index >= 15 is 0 Å². The van der Waals surface area contributed by atoms with E-state index in [0.29, 0.717) is 9.80 Å².